The van der Waals surface area contributed by atoms with Crippen LogP contribution in [-0.2, 0) is 12.5 Å². The predicted octanol–water partition coefficient (Wildman–Crippen LogP) is 5.90. The molecule has 0 saturated carbocycles. The molecule has 2 heteroatoms. The first kappa shape index (κ1) is 16.9. The summed E-state index contributed by atoms with van der Waals surface area (Å²) in [5.41, 5.74) is 5.50. The summed E-state index contributed by atoms with van der Waals surface area (Å²) in [5, 5.41) is 0. The van der Waals surface area contributed by atoms with Crippen LogP contribution in [0.1, 0.15) is 38.8 Å². The quantitative estimate of drug-likeness (QED) is 0.580. The molecule has 22 heavy (non-hydrogen) atoms. The van der Waals surface area contributed by atoms with E-state index in [0.717, 1.165) is 12.1 Å². The molecular weight excluding hydrogens is 282 g/mol. The number of benzene rings is 1. The Morgan fingerprint density at radius 3 is 2.05 bits per heavy atom. The van der Waals surface area contributed by atoms with Crippen molar-refractivity contribution in [3.63, 3.8) is 0 Å². The van der Waals surface area contributed by atoms with Gasteiger partial charge in [0, 0.05) is 11.8 Å². The van der Waals surface area contributed by atoms with Crippen molar-refractivity contribution >= 4 is 8.07 Å². The molecule has 1 aromatic heterocycles. The van der Waals surface area contributed by atoms with E-state index in [-0.39, 0.29) is 0 Å². The standard InChI is InChI=1S/C20H29NSi/c1-5-17-12-11-13-18(16-22(6-2,7-3)8-4)20(17)19-14-9-10-15-21-19/h9-15H,5-8,16H2,1-4H3. The summed E-state index contributed by atoms with van der Waals surface area (Å²) in [6.45, 7) is 9.42. The maximum Gasteiger partial charge on any atom is 0.0707 e. The van der Waals surface area contributed by atoms with Gasteiger partial charge in [-0.15, -0.1) is 0 Å². The second-order valence-corrected chi connectivity index (χ2v) is 11.7. The highest BCUT2D eigenvalue weighted by molar-refractivity contribution is 6.79. The van der Waals surface area contributed by atoms with Crippen molar-refractivity contribution in [2.45, 2.75) is 58.3 Å². The number of aryl methyl sites for hydroxylation is 1. The zero-order valence-corrected chi connectivity index (χ0v) is 15.5. The van der Waals surface area contributed by atoms with E-state index in [4.69, 9.17) is 0 Å². The first-order valence-corrected chi connectivity index (χ1v) is 11.5. The van der Waals surface area contributed by atoms with Gasteiger partial charge in [0.25, 0.3) is 0 Å². The fraction of sp³-hybridized carbons (Fsp3) is 0.450. The fourth-order valence-corrected chi connectivity index (χ4v) is 6.82. The minimum Gasteiger partial charge on any atom is -0.256 e. The van der Waals surface area contributed by atoms with Gasteiger partial charge in [-0.3, -0.25) is 4.98 Å². The number of hydrogen-bond donors (Lipinski definition) is 0. The molecule has 2 aromatic rings. The van der Waals surface area contributed by atoms with Crippen molar-refractivity contribution in [2.75, 3.05) is 0 Å². The number of rotatable bonds is 7. The van der Waals surface area contributed by atoms with Crippen molar-refractivity contribution in [3.05, 3.63) is 53.7 Å². The lowest BCUT2D eigenvalue weighted by Crippen LogP contribution is -2.35. The fourth-order valence-electron chi connectivity index (χ4n) is 3.46. The van der Waals surface area contributed by atoms with Crippen molar-refractivity contribution in [3.8, 4) is 11.3 Å². The summed E-state index contributed by atoms with van der Waals surface area (Å²) in [6.07, 6.45) is 2.98. The Hall–Kier alpha value is -1.41. The molecule has 2 rings (SSSR count). The summed E-state index contributed by atoms with van der Waals surface area (Å²) in [7, 11) is -1.19. The van der Waals surface area contributed by atoms with Gasteiger partial charge < -0.3 is 0 Å². The van der Waals surface area contributed by atoms with Crippen LogP contribution in [0.15, 0.2) is 42.6 Å². The van der Waals surface area contributed by atoms with Crippen LogP contribution in [0.5, 0.6) is 0 Å². The van der Waals surface area contributed by atoms with E-state index in [1.165, 1.54) is 40.9 Å². The molecule has 0 aliphatic heterocycles. The minimum atomic E-state index is -1.19. The van der Waals surface area contributed by atoms with Crippen LogP contribution in [0.4, 0.5) is 0 Å². The van der Waals surface area contributed by atoms with Crippen molar-refractivity contribution in [1.82, 2.24) is 4.98 Å². The Bertz CT molecular complexity index is 580. The van der Waals surface area contributed by atoms with Crippen LogP contribution < -0.4 is 0 Å². The zero-order valence-electron chi connectivity index (χ0n) is 14.5. The van der Waals surface area contributed by atoms with Crippen LogP contribution in [0.2, 0.25) is 18.1 Å². The summed E-state index contributed by atoms with van der Waals surface area (Å²) >= 11 is 0. The number of aromatic nitrogens is 1. The van der Waals surface area contributed by atoms with Gasteiger partial charge in [0.15, 0.2) is 0 Å². The topological polar surface area (TPSA) is 12.9 Å². The molecule has 1 heterocycles. The van der Waals surface area contributed by atoms with Gasteiger partial charge >= 0.3 is 0 Å². The molecule has 0 fully saturated rings. The van der Waals surface area contributed by atoms with Crippen LogP contribution in [-0.4, -0.2) is 13.1 Å². The van der Waals surface area contributed by atoms with E-state index in [2.05, 4.69) is 63.0 Å². The minimum absolute atomic E-state index is 1.07. The van der Waals surface area contributed by atoms with Gasteiger partial charge in [-0.05, 0) is 35.7 Å². The molecule has 0 bridgehead atoms. The van der Waals surface area contributed by atoms with Crippen LogP contribution in [0, 0.1) is 0 Å². The van der Waals surface area contributed by atoms with E-state index in [1.54, 1.807) is 0 Å². The Balaban J connectivity index is 2.52. The molecule has 0 radical (unpaired) electrons. The molecule has 0 unspecified atom stereocenters. The maximum atomic E-state index is 4.64. The first-order chi connectivity index (χ1) is 10.7. The SMILES string of the molecule is CCc1cccc(C[Si](CC)(CC)CC)c1-c1ccccn1. The Labute approximate surface area is 136 Å². The summed E-state index contributed by atoms with van der Waals surface area (Å²) < 4.78 is 0. The number of hydrogen-bond acceptors (Lipinski definition) is 1. The maximum absolute atomic E-state index is 4.64. The first-order valence-electron chi connectivity index (χ1n) is 8.71. The highest BCUT2D eigenvalue weighted by Crippen LogP contribution is 2.32. The predicted molar refractivity (Wildman–Crippen MR) is 100.0 cm³/mol. The highest BCUT2D eigenvalue weighted by atomic mass is 28.3. The Morgan fingerprint density at radius 2 is 1.50 bits per heavy atom. The lowest BCUT2D eigenvalue weighted by molar-refractivity contribution is 1.08. The third kappa shape index (κ3) is 3.49. The van der Waals surface area contributed by atoms with Gasteiger partial charge in [-0.25, -0.2) is 0 Å². The normalized spacial score (nSPS) is 11.6. The van der Waals surface area contributed by atoms with E-state index in [0.29, 0.717) is 0 Å². The van der Waals surface area contributed by atoms with Crippen molar-refractivity contribution in [2.24, 2.45) is 0 Å². The number of pyridine rings is 1. The van der Waals surface area contributed by atoms with Gasteiger partial charge in [-0.1, -0.05) is 70.1 Å². The van der Waals surface area contributed by atoms with E-state index in [9.17, 15) is 0 Å². The monoisotopic (exact) mass is 311 g/mol. The molecule has 0 aliphatic carbocycles. The van der Waals surface area contributed by atoms with Crippen molar-refractivity contribution < 1.29 is 0 Å². The third-order valence-electron chi connectivity index (χ3n) is 5.35. The molecule has 0 spiro atoms. The van der Waals surface area contributed by atoms with E-state index < -0.39 is 8.07 Å². The smallest absolute Gasteiger partial charge is 0.0707 e. The Kier molecular flexibility index (Phi) is 5.96. The molecule has 0 aliphatic rings. The third-order valence-corrected chi connectivity index (χ3v) is 11.0. The van der Waals surface area contributed by atoms with Gasteiger partial charge in [0.2, 0.25) is 0 Å². The second-order valence-electron chi connectivity index (χ2n) is 6.26. The summed E-state index contributed by atoms with van der Waals surface area (Å²) in [4.78, 5) is 4.64. The summed E-state index contributed by atoms with van der Waals surface area (Å²) in [5.74, 6) is 0. The molecule has 0 saturated heterocycles. The molecule has 0 atom stereocenters. The molecule has 0 amide bonds. The lowest BCUT2D eigenvalue weighted by Gasteiger charge is -2.29. The molecular formula is C20H29NSi. The summed E-state index contributed by atoms with van der Waals surface area (Å²) in [6, 6.07) is 18.5. The van der Waals surface area contributed by atoms with Crippen LogP contribution >= 0.6 is 0 Å². The zero-order chi connectivity index (χ0) is 16.0. The average Bonchev–Trinajstić information content (AvgIpc) is 2.60. The van der Waals surface area contributed by atoms with Crippen molar-refractivity contribution in [1.29, 1.82) is 0 Å². The second kappa shape index (κ2) is 7.73. The van der Waals surface area contributed by atoms with Gasteiger partial charge in [0.05, 0.1) is 13.8 Å². The van der Waals surface area contributed by atoms with Crippen LogP contribution in [0.3, 0.4) is 0 Å². The highest BCUT2D eigenvalue weighted by Gasteiger charge is 2.28. The molecule has 118 valence electrons. The molecule has 0 N–H and O–H groups in total. The average molecular weight is 312 g/mol. The molecule has 1 aromatic carbocycles. The Morgan fingerprint density at radius 1 is 0.818 bits per heavy atom. The lowest BCUT2D eigenvalue weighted by atomic mass is 9.97. The van der Waals surface area contributed by atoms with Crippen LogP contribution in [0.25, 0.3) is 11.3 Å². The van der Waals surface area contributed by atoms with Gasteiger partial charge in [-0.2, -0.15) is 0 Å². The number of nitrogens with zero attached hydrogens (tertiary/aromatic N) is 1. The van der Waals surface area contributed by atoms with E-state index >= 15 is 0 Å². The van der Waals surface area contributed by atoms with Gasteiger partial charge in [0.1, 0.15) is 0 Å². The molecule has 1 nitrogen and oxygen atoms in total. The van der Waals surface area contributed by atoms with E-state index in [1.807, 2.05) is 12.3 Å². The largest absolute Gasteiger partial charge is 0.256 e.